The van der Waals surface area contributed by atoms with Crippen molar-refractivity contribution in [3.63, 3.8) is 0 Å². The summed E-state index contributed by atoms with van der Waals surface area (Å²) in [4.78, 5) is 23.2. The van der Waals surface area contributed by atoms with Crippen LogP contribution in [0.15, 0.2) is 47.6 Å². The number of unbranched alkanes of at least 4 members (excludes halogenated alkanes) is 6. The van der Waals surface area contributed by atoms with Gasteiger partial charge in [-0.05, 0) is 112 Å². The molecule has 0 saturated heterocycles. The number of aliphatic carboxylic acids is 2. The largest absolute Gasteiger partial charge is 0.508 e. The van der Waals surface area contributed by atoms with Gasteiger partial charge in [0, 0.05) is 45.9 Å². The number of methoxy groups -OCH3 is 1. The maximum absolute atomic E-state index is 11.7. The predicted molar refractivity (Wildman–Crippen MR) is 236 cm³/mol. The summed E-state index contributed by atoms with van der Waals surface area (Å²) in [6, 6.07) is 8.33. The van der Waals surface area contributed by atoms with E-state index >= 15 is 0 Å². The molecule has 59 heavy (non-hydrogen) atoms. The van der Waals surface area contributed by atoms with E-state index in [0.717, 1.165) is 46.8 Å². The second kappa shape index (κ2) is 18.4. The van der Waals surface area contributed by atoms with Gasteiger partial charge in [0.25, 0.3) is 0 Å². The lowest BCUT2D eigenvalue weighted by Gasteiger charge is -2.47. The number of fused-ring (bicyclic) bond motifs is 6. The Hall–Kier alpha value is -3.94. The van der Waals surface area contributed by atoms with Gasteiger partial charge in [0.2, 0.25) is 0 Å². The minimum atomic E-state index is -0.862. The Kier molecular flexibility index (Phi) is 14.4. The Morgan fingerprint density at radius 3 is 1.53 bits per heavy atom. The van der Waals surface area contributed by atoms with Gasteiger partial charge in [0.1, 0.15) is 34.2 Å². The second-order valence-electron chi connectivity index (χ2n) is 20.2. The molecular formula is C51H74O8. The average Bonchev–Trinajstić information content (AvgIpc) is 3.16. The predicted octanol–water partition coefficient (Wildman–Crippen LogP) is 12.9. The molecular weight excluding hydrogens is 741 g/mol. The van der Waals surface area contributed by atoms with Crippen molar-refractivity contribution in [1.29, 1.82) is 0 Å². The third kappa shape index (κ3) is 10.2. The maximum atomic E-state index is 11.7. The molecule has 3 N–H and O–H groups in total. The van der Waals surface area contributed by atoms with E-state index in [0.29, 0.717) is 36.8 Å². The SMILES string of the molecule is CCCCCCC(C)(C)c1cc(O)c2c(c1)OC(C)(C)[C@@H]1CC=C(C(=O)O)C[C@@H]21.CCCCCCC(C)(C)c1cc(OC)c2c(c1)OC(C)(C)[C@@H]1CC=C(C(=O)O)C[C@@H]21. The molecule has 0 aromatic heterocycles. The van der Waals surface area contributed by atoms with Gasteiger partial charge in [-0.2, -0.15) is 0 Å². The summed E-state index contributed by atoms with van der Waals surface area (Å²) in [6.45, 7) is 21.9. The van der Waals surface area contributed by atoms with Crippen molar-refractivity contribution in [2.24, 2.45) is 11.8 Å². The van der Waals surface area contributed by atoms with Gasteiger partial charge in [-0.1, -0.05) is 105 Å². The number of hydrogen-bond acceptors (Lipinski definition) is 6. The van der Waals surface area contributed by atoms with Crippen molar-refractivity contribution in [2.45, 2.75) is 193 Å². The lowest BCUT2D eigenvalue weighted by atomic mass is 9.66. The van der Waals surface area contributed by atoms with Crippen LogP contribution in [-0.4, -0.2) is 45.6 Å². The highest BCUT2D eigenvalue weighted by Crippen LogP contribution is 2.57. The van der Waals surface area contributed by atoms with E-state index in [2.05, 4.69) is 87.4 Å². The number of allylic oxidation sites excluding steroid dienone is 2. The lowest BCUT2D eigenvalue weighted by Crippen LogP contribution is -2.46. The fourth-order valence-electron chi connectivity index (χ4n) is 10.3. The average molecular weight is 815 g/mol. The molecule has 0 unspecified atom stereocenters. The van der Waals surface area contributed by atoms with E-state index in [4.69, 9.17) is 14.2 Å². The van der Waals surface area contributed by atoms with Gasteiger partial charge >= 0.3 is 11.9 Å². The van der Waals surface area contributed by atoms with Crippen LogP contribution in [-0.2, 0) is 20.4 Å². The Labute approximate surface area is 354 Å². The van der Waals surface area contributed by atoms with Gasteiger partial charge in [-0.25, -0.2) is 9.59 Å². The van der Waals surface area contributed by atoms with Crippen LogP contribution in [0.3, 0.4) is 0 Å². The Balaban J connectivity index is 0.000000224. The first-order valence-corrected chi connectivity index (χ1v) is 22.5. The highest BCUT2D eigenvalue weighted by Gasteiger charge is 2.49. The van der Waals surface area contributed by atoms with Crippen molar-refractivity contribution in [3.8, 4) is 23.0 Å². The molecule has 8 nitrogen and oxygen atoms in total. The summed E-state index contributed by atoms with van der Waals surface area (Å²) in [7, 11) is 1.71. The summed E-state index contributed by atoms with van der Waals surface area (Å²) >= 11 is 0. The van der Waals surface area contributed by atoms with E-state index < -0.39 is 17.5 Å². The molecule has 4 atom stereocenters. The molecule has 0 bridgehead atoms. The third-order valence-corrected chi connectivity index (χ3v) is 14.2. The van der Waals surface area contributed by atoms with Gasteiger partial charge < -0.3 is 29.5 Å². The lowest BCUT2D eigenvalue weighted by molar-refractivity contribution is -0.134. The normalized spacial score (nSPS) is 22.6. The first-order valence-electron chi connectivity index (χ1n) is 22.5. The summed E-state index contributed by atoms with van der Waals surface area (Å²) in [5, 5.41) is 30.1. The van der Waals surface area contributed by atoms with E-state index in [9.17, 15) is 24.9 Å². The van der Waals surface area contributed by atoms with Gasteiger partial charge in [0.15, 0.2) is 0 Å². The first-order chi connectivity index (χ1) is 27.7. The third-order valence-electron chi connectivity index (χ3n) is 14.2. The Morgan fingerprint density at radius 1 is 0.678 bits per heavy atom. The van der Waals surface area contributed by atoms with Crippen molar-refractivity contribution in [2.75, 3.05) is 7.11 Å². The van der Waals surface area contributed by atoms with E-state index in [1.165, 1.54) is 56.9 Å². The van der Waals surface area contributed by atoms with Crippen LogP contribution >= 0.6 is 0 Å². The summed E-state index contributed by atoms with van der Waals surface area (Å²) in [6.07, 6.45) is 18.1. The fraction of sp³-hybridized carbons (Fsp3) is 0.647. The van der Waals surface area contributed by atoms with E-state index in [-0.39, 0.29) is 45.9 Å². The minimum absolute atomic E-state index is 0.0269. The number of hydrogen-bond donors (Lipinski definition) is 3. The zero-order valence-electron chi connectivity index (χ0n) is 38.1. The van der Waals surface area contributed by atoms with Gasteiger partial charge in [-0.3, -0.25) is 0 Å². The van der Waals surface area contributed by atoms with Crippen LogP contribution in [0.4, 0.5) is 0 Å². The topological polar surface area (TPSA) is 123 Å². The second-order valence-corrected chi connectivity index (χ2v) is 20.2. The van der Waals surface area contributed by atoms with Crippen LogP contribution in [0.1, 0.15) is 193 Å². The first kappa shape index (κ1) is 46.1. The Morgan fingerprint density at radius 2 is 1.10 bits per heavy atom. The molecule has 0 spiro atoms. The van der Waals surface area contributed by atoms with Crippen LogP contribution in [0.5, 0.6) is 23.0 Å². The van der Waals surface area contributed by atoms with Crippen LogP contribution in [0.2, 0.25) is 0 Å². The molecule has 2 aliphatic heterocycles. The van der Waals surface area contributed by atoms with Gasteiger partial charge in [0.05, 0.1) is 7.11 Å². The standard InChI is InChI=1S/C26H38O4.C25H36O4/c1-7-8-9-10-13-25(2,3)18-15-21(29-6)23-19-14-17(24(27)28)11-12-20(19)26(4,5)30-22(23)16-18;1-6-7-8-9-12-24(2,3)17-14-20(26)22-18-13-16(23(27)28)10-11-19(18)25(4,5)29-21(22)15-17/h11,15-16,19-20H,7-10,12-14H2,1-6H3,(H,27,28);10,14-15,18-19,26H,6-9,11-13H2,1-5H3,(H,27,28)/t19-,20-;18-,19-/m11/s1. The van der Waals surface area contributed by atoms with Crippen LogP contribution in [0.25, 0.3) is 0 Å². The van der Waals surface area contributed by atoms with Crippen molar-refractivity contribution in [1.82, 2.24) is 0 Å². The highest BCUT2D eigenvalue weighted by molar-refractivity contribution is 5.87. The van der Waals surface area contributed by atoms with E-state index in [1.807, 2.05) is 18.2 Å². The zero-order chi connectivity index (χ0) is 43.5. The minimum Gasteiger partial charge on any atom is -0.508 e. The molecule has 6 rings (SSSR count). The number of carbonyl (C=O) groups is 2. The van der Waals surface area contributed by atoms with Crippen molar-refractivity contribution < 1.29 is 39.1 Å². The molecule has 0 saturated carbocycles. The summed E-state index contributed by atoms with van der Waals surface area (Å²) < 4.78 is 18.8. The molecule has 0 amide bonds. The highest BCUT2D eigenvalue weighted by atomic mass is 16.5. The Bertz CT molecular complexity index is 1890. The van der Waals surface area contributed by atoms with Crippen LogP contribution in [0, 0.1) is 11.8 Å². The maximum Gasteiger partial charge on any atom is 0.331 e. The molecule has 2 heterocycles. The zero-order valence-corrected chi connectivity index (χ0v) is 38.1. The molecule has 0 fully saturated rings. The number of ether oxygens (including phenoxy) is 3. The smallest absolute Gasteiger partial charge is 0.331 e. The molecule has 2 aromatic rings. The molecule has 2 aromatic carbocycles. The summed E-state index contributed by atoms with van der Waals surface area (Å²) in [5.74, 6) is 1.43. The van der Waals surface area contributed by atoms with Crippen LogP contribution < -0.4 is 14.2 Å². The molecule has 8 heteroatoms. The summed E-state index contributed by atoms with van der Waals surface area (Å²) in [5.41, 5.74) is 4.30. The van der Waals surface area contributed by atoms with Gasteiger partial charge in [-0.15, -0.1) is 0 Å². The van der Waals surface area contributed by atoms with Crippen molar-refractivity contribution in [3.05, 3.63) is 69.8 Å². The molecule has 2 aliphatic carbocycles. The fourth-order valence-corrected chi connectivity index (χ4v) is 10.3. The number of rotatable bonds is 15. The number of carboxylic acids is 2. The number of aromatic hydroxyl groups is 1. The van der Waals surface area contributed by atoms with Crippen molar-refractivity contribution >= 4 is 11.9 Å². The molecule has 0 radical (unpaired) electrons. The number of carboxylic acid groups (broad SMARTS) is 2. The number of phenols is 1. The number of benzene rings is 2. The number of phenolic OH excluding ortho intramolecular Hbond substituents is 1. The molecule has 4 aliphatic rings. The van der Waals surface area contributed by atoms with E-state index in [1.54, 1.807) is 7.11 Å². The quantitative estimate of drug-likeness (QED) is 0.152. The monoisotopic (exact) mass is 815 g/mol. The molecule has 326 valence electrons.